The average molecular weight is 1290 g/mol. The topological polar surface area (TPSA) is 95.9 Å². The lowest BCUT2D eigenvalue weighted by molar-refractivity contribution is -0.143. The minimum atomic E-state index is -0.844. The van der Waals surface area contributed by atoms with Crippen LogP contribution in [0.2, 0.25) is 0 Å². The average Bonchev–Trinajstić information content (AvgIpc) is 3.67. The molecule has 0 bridgehead atoms. The molecule has 0 aromatic rings. The van der Waals surface area contributed by atoms with Crippen LogP contribution in [0, 0.1) is 0 Å². The van der Waals surface area contributed by atoms with Crippen LogP contribution in [-0.4, -0.2) is 47.4 Å². The molecule has 0 aromatic carbocycles. The van der Waals surface area contributed by atoms with Crippen LogP contribution in [-0.2, 0) is 14.3 Å². The molecule has 0 fully saturated rings. The van der Waals surface area contributed by atoms with Gasteiger partial charge in [0.25, 0.3) is 0 Å². The highest BCUT2D eigenvalue weighted by Gasteiger charge is 2.18. The lowest BCUT2D eigenvalue weighted by Gasteiger charge is -2.20. The van der Waals surface area contributed by atoms with Crippen molar-refractivity contribution in [2.75, 3.05) is 13.2 Å². The highest BCUT2D eigenvalue weighted by Crippen LogP contribution is 2.20. The van der Waals surface area contributed by atoms with Crippen molar-refractivity contribution in [3.8, 4) is 0 Å². The summed E-state index contributed by atoms with van der Waals surface area (Å²) in [7, 11) is 0. The third kappa shape index (κ3) is 76.6. The summed E-state index contributed by atoms with van der Waals surface area (Å²) in [5.74, 6) is -0.0549. The van der Waals surface area contributed by atoms with Crippen LogP contribution in [0.25, 0.3) is 0 Å². The quantitative estimate of drug-likeness (QED) is 0.0320. The number of unbranched alkanes of at least 4 members (excludes halogenated alkanes) is 59. The van der Waals surface area contributed by atoms with Gasteiger partial charge in [-0.15, -0.1) is 0 Å². The molecule has 0 radical (unpaired) electrons. The highest BCUT2D eigenvalue weighted by atomic mass is 16.5. The van der Waals surface area contributed by atoms with E-state index in [0.717, 1.165) is 57.8 Å². The lowest BCUT2D eigenvalue weighted by atomic mass is 10.0. The van der Waals surface area contributed by atoms with Crippen LogP contribution >= 0.6 is 0 Å². The van der Waals surface area contributed by atoms with Crippen molar-refractivity contribution < 1.29 is 24.5 Å². The monoisotopic (exact) mass is 1290 g/mol. The summed E-state index contributed by atoms with van der Waals surface area (Å²) in [5.41, 5.74) is 0. The minimum Gasteiger partial charge on any atom is -0.466 e. The molecule has 2 unspecified atom stereocenters. The molecule has 0 aliphatic carbocycles. The Morgan fingerprint density at radius 3 is 0.859 bits per heavy atom. The van der Waals surface area contributed by atoms with Gasteiger partial charge in [0.2, 0.25) is 5.91 Å². The van der Waals surface area contributed by atoms with Gasteiger partial charge in [0.1, 0.15) is 0 Å². The van der Waals surface area contributed by atoms with E-state index in [0.29, 0.717) is 19.4 Å². The lowest BCUT2D eigenvalue weighted by Crippen LogP contribution is -2.45. The first-order valence-corrected chi connectivity index (χ1v) is 41.6. The number of aliphatic hydroxyl groups is 2. The number of amides is 1. The van der Waals surface area contributed by atoms with Gasteiger partial charge in [0.05, 0.1) is 25.4 Å². The summed E-state index contributed by atoms with van der Waals surface area (Å²) in [5, 5.41) is 23.3. The molecule has 2 atom stereocenters. The Balaban J connectivity index is 3.38. The molecule has 0 spiro atoms. The Hall–Kier alpha value is -2.44. The molecular formula is C86H161NO5. The molecule has 0 rings (SSSR count). The van der Waals surface area contributed by atoms with Gasteiger partial charge in [0, 0.05) is 12.8 Å². The summed E-state index contributed by atoms with van der Waals surface area (Å²) in [6.45, 7) is 4.90. The minimum absolute atomic E-state index is 0.00566. The summed E-state index contributed by atoms with van der Waals surface area (Å²) in [6, 6.07) is -0.628. The van der Waals surface area contributed by atoms with Crippen molar-refractivity contribution in [1.29, 1.82) is 0 Å². The smallest absolute Gasteiger partial charge is 0.305 e. The van der Waals surface area contributed by atoms with E-state index in [2.05, 4.69) is 67.8 Å². The zero-order valence-corrected chi connectivity index (χ0v) is 62.0. The molecule has 3 N–H and O–H groups in total. The molecule has 0 aliphatic rings. The van der Waals surface area contributed by atoms with Gasteiger partial charge < -0.3 is 20.3 Å². The summed E-state index contributed by atoms with van der Waals surface area (Å²) < 4.78 is 5.49. The van der Waals surface area contributed by atoms with E-state index in [1.54, 1.807) is 6.08 Å². The van der Waals surface area contributed by atoms with E-state index in [-0.39, 0.29) is 18.5 Å². The maximum Gasteiger partial charge on any atom is 0.305 e. The third-order valence-electron chi connectivity index (χ3n) is 19.3. The van der Waals surface area contributed by atoms with Crippen molar-refractivity contribution in [2.45, 2.75) is 463 Å². The van der Waals surface area contributed by atoms with Gasteiger partial charge in [-0.25, -0.2) is 0 Å². The first-order valence-electron chi connectivity index (χ1n) is 41.6. The molecule has 92 heavy (non-hydrogen) atoms. The van der Waals surface area contributed by atoms with Crippen LogP contribution in [0.1, 0.15) is 450 Å². The van der Waals surface area contributed by atoms with E-state index in [1.165, 1.54) is 366 Å². The number of nitrogens with one attached hydrogen (secondary N) is 1. The highest BCUT2D eigenvalue weighted by molar-refractivity contribution is 5.76. The number of allylic oxidation sites excluding steroid dienone is 9. The van der Waals surface area contributed by atoms with Gasteiger partial charge in [-0.3, -0.25) is 9.59 Å². The van der Waals surface area contributed by atoms with E-state index in [1.807, 2.05) is 6.08 Å². The van der Waals surface area contributed by atoms with Gasteiger partial charge in [-0.1, -0.05) is 408 Å². The second kappa shape index (κ2) is 81.0. The van der Waals surface area contributed by atoms with E-state index in [4.69, 9.17) is 4.74 Å². The molecule has 0 heterocycles. The van der Waals surface area contributed by atoms with Crippen LogP contribution in [0.5, 0.6) is 0 Å². The zero-order chi connectivity index (χ0) is 66.3. The maximum absolute atomic E-state index is 12.6. The number of ether oxygens (including phenoxy) is 1. The fraction of sp³-hybridized carbons (Fsp3) is 0.860. The second-order valence-electron chi connectivity index (χ2n) is 28.4. The number of hydrogen-bond acceptors (Lipinski definition) is 5. The molecule has 0 saturated carbocycles. The predicted octanol–water partition coefficient (Wildman–Crippen LogP) is 27.7. The molecular weight excluding hydrogens is 1130 g/mol. The van der Waals surface area contributed by atoms with Crippen molar-refractivity contribution in [3.05, 3.63) is 60.8 Å². The largest absolute Gasteiger partial charge is 0.466 e. The number of esters is 1. The SMILES string of the molecule is CCCC/C=C\C/C=C\CCCCCCCC(=O)OCCCCCCCCCCCCCCCCC/C=C\C/C=C\CCCCCCCCCCCCCCCCCCCC(=O)NC(CO)C(O)/C=C/CCCCCCCCCCCCCCCCCCCCCC. The number of carbonyl (C=O) groups is 2. The Morgan fingerprint density at radius 1 is 0.304 bits per heavy atom. The van der Waals surface area contributed by atoms with Gasteiger partial charge in [-0.2, -0.15) is 0 Å². The van der Waals surface area contributed by atoms with Crippen LogP contribution in [0.15, 0.2) is 60.8 Å². The van der Waals surface area contributed by atoms with Gasteiger partial charge in [0.15, 0.2) is 0 Å². The Labute approximate surface area is 575 Å². The van der Waals surface area contributed by atoms with Crippen molar-refractivity contribution in [1.82, 2.24) is 5.32 Å². The molecule has 6 nitrogen and oxygen atoms in total. The zero-order valence-electron chi connectivity index (χ0n) is 62.0. The fourth-order valence-corrected chi connectivity index (χ4v) is 12.9. The van der Waals surface area contributed by atoms with E-state index in [9.17, 15) is 19.8 Å². The Bertz CT molecular complexity index is 1580. The molecule has 1 amide bonds. The molecule has 540 valence electrons. The summed E-state index contributed by atoms with van der Waals surface area (Å²) in [4.78, 5) is 24.6. The number of rotatable bonds is 78. The molecule has 6 heteroatoms. The van der Waals surface area contributed by atoms with Crippen LogP contribution < -0.4 is 5.32 Å². The second-order valence-corrected chi connectivity index (χ2v) is 28.4. The number of hydrogen-bond donors (Lipinski definition) is 3. The summed E-state index contributed by atoms with van der Waals surface area (Å²) in [6.07, 6.45) is 109. The predicted molar refractivity (Wildman–Crippen MR) is 407 cm³/mol. The normalized spacial score (nSPS) is 12.8. The molecule has 0 aromatic heterocycles. The third-order valence-corrected chi connectivity index (χ3v) is 19.3. The van der Waals surface area contributed by atoms with Crippen molar-refractivity contribution >= 4 is 11.9 Å². The fourth-order valence-electron chi connectivity index (χ4n) is 12.9. The van der Waals surface area contributed by atoms with Crippen LogP contribution in [0.3, 0.4) is 0 Å². The van der Waals surface area contributed by atoms with Crippen molar-refractivity contribution in [3.63, 3.8) is 0 Å². The van der Waals surface area contributed by atoms with Crippen molar-refractivity contribution in [2.24, 2.45) is 0 Å². The first kappa shape index (κ1) is 89.6. The first-order chi connectivity index (χ1) is 45.5. The maximum atomic E-state index is 12.6. The van der Waals surface area contributed by atoms with Gasteiger partial charge >= 0.3 is 5.97 Å². The van der Waals surface area contributed by atoms with E-state index >= 15 is 0 Å². The Morgan fingerprint density at radius 2 is 0.554 bits per heavy atom. The van der Waals surface area contributed by atoms with Gasteiger partial charge in [-0.05, 0) is 89.9 Å². The number of carbonyl (C=O) groups excluding carboxylic acids is 2. The van der Waals surface area contributed by atoms with E-state index < -0.39 is 12.1 Å². The molecule has 0 saturated heterocycles. The Kier molecular flexibility index (Phi) is 78.8. The standard InChI is InChI=1S/C86H161NO5/c1-3-5-7-9-11-13-15-17-19-20-21-22-42-45-48-51-54-58-62-66-70-74-78-84(89)83(82-88)87-85(90)79-75-71-67-63-59-55-52-49-46-43-40-38-36-34-32-30-28-26-24-23-25-27-29-31-33-35-37-39-41-44-47-50-53-57-61-65-69-73-77-81-92-86(91)80-76-72-68-64-60-56-18-16-14-12-10-8-6-4-2/h10,12,16,18,23-24,27,29,74,78,83-84,88-89H,3-9,11,13-15,17,19-22,25-26,28,30-73,75-77,79-82H2,1-2H3,(H,87,90)/b12-10-,18-16-,24-23-,29-27-,78-74+. The molecule has 0 aliphatic heterocycles. The number of aliphatic hydroxyl groups excluding tert-OH is 2. The van der Waals surface area contributed by atoms with Crippen LogP contribution in [0.4, 0.5) is 0 Å². The summed E-state index contributed by atoms with van der Waals surface area (Å²) >= 11 is 0.